The predicted octanol–water partition coefficient (Wildman–Crippen LogP) is 1.42. The van der Waals surface area contributed by atoms with E-state index in [9.17, 15) is 9.59 Å². The predicted molar refractivity (Wildman–Crippen MR) is 78.8 cm³/mol. The molecule has 0 saturated heterocycles. The third-order valence-corrected chi connectivity index (χ3v) is 3.02. The highest BCUT2D eigenvalue weighted by molar-refractivity contribution is 5.98. The molecule has 0 saturated carbocycles. The zero-order chi connectivity index (χ0) is 15.1. The van der Waals surface area contributed by atoms with Gasteiger partial charge in [-0.05, 0) is 25.0 Å². The fourth-order valence-electron chi connectivity index (χ4n) is 2.07. The number of carbonyl (C=O) groups excluding carboxylic acids is 2. The SMILES string of the molecule is COCCNC(=O)CN(C(C)=O)c1c(C)cccc1C. The maximum absolute atomic E-state index is 11.9. The lowest BCUT2D eigenvalue weighted by molar-refractivity contribution is -0.123. The van der Waals surface area contributed by atoms with Crippen molar-refractivity contribution in [1.82, 2.24) is 5.32 Å². The molecule has 20 heavy (non-hydrogen) atoms. The van der Waals surface area contributed by atoms with Gasteiger partial charge in [-0.2, -0.15) is 0 Å². The van der Waals surface area contributed by atoms with E-state index in [2.05, 4.69) is 5.32 Å². The largest absolute Gasteiger partial charge is 0.383 e. The summed E-state index contributed by atoms with van der Waals surface area (Å²) in [5, 5.41) is 2.72. The fourth-order valence-corrected chi connectivity index (χ4v) is 2.07. The lowest BCUT2D eigenvalue weighted by Gasteiger charge is -2.24. The molecule has 0 aliphatic rings. The smallest absolute Gasteiger partial charge is 0.240 e. The third kappa shape index (κ3) is 4.35. The number of para-hydroxylation sites is 1. The number of nitrogens with zero attached hydrogens (tertiary/aromatic N) is 1. The molecular formula is C15H22N2O3. The second-order valence-electron chi connectivity index (χ2n) is 4.69. The van der Waals surface area contributed by atoms with E-state index in [1.54, 1.807) is 7.11 Å². The number of ether oxygens (including phenoxy) is 1. The van der Waals surface area contributed by atoms with Crippen LogP contribution in [0.5, 0.6) is 0 Å². The minimum absolute atomic E-state index is 0.0186. The topological polar surface area (TPSA) is 58.6 Å². The van der Waals surface area contributed by atoms with Crippen LogP contribution in [-0.4, -0.2) is 38.6 Å². The van der Waals surface area contributed by atoms with Crippen LogP contribution < -0.4 is 10.2 Å². The fraction of sp³-hybridized carbons (Fsp3) is 0.467. The van der Waals surface area contributed by atoms with Gasteiger partial charge in [-0.1, -0.05) is 18.2 Å². The van der Waals surface area contributed by atoms with E-state index >= 15 is 0 Å². The number of nitrogens with one attached hydrogen (secondary N) is 1. The van der Waals surface area contributed by atoms with Gasteiger partial charge in [-0.15, -0.1) is 0 Å². The summed E-state index contributed by atoms with van der Waals surface area (Å²) in [5.41, 5.74) is 2.76. The van der Waals surface area contributed by atoms with Crippen molar-refractivity contribution in [3.05, 3.63) is 29.3 Å². The molecule has 0 fully saturated rings. The summed E-state index contributed by atoms with van der Waals surface area (Å²) in [4.78, 5) is 25.2. The highest BCUT2D eigenvalue weighted by Gasteiger charge is 2.18. The van der Waals surface area contributed by atoms with E-state index in [0.29, 0.717) is 13.2 Å². The number of methoxy groups -OCH3 is 1. The van der Waals surface area contributed by atoms with Gasteiger partial charge in [0.1, 0.15) is 6.54 Å². The molecule has 0 aliphatic heterocycles. The standard InChI is InChI=1S/C15H22N2O3/c1-11-6-5-7-12(2)15(11)17(13(3)18)10-14(19)16-8-9-20-4/h5-7H,8-10H2,1-4H3,(H,16,19). The Morgan fingerprint density at radius 1 is 1.25 bits per heavy atom. The number of rotatable bonds is 6. The van der Waals surface area contributed by atoms with Crippen LogP contribution in [0.15, 0.2) is 18.2 Å². The van der Waals surface area contributed by atoms with Crippen molar-refractivity contribution in [3.63, 3.8) is 0 Å². The minimum Gasteiger partial charge on any atom is -0.383 e. The Hall–Kier alpha value is -1.88. The van der Waals surface area contributed by atoms with Gasteiger partial charge < -0.3 is 15.0 Å². The van der Waals surface area contributed by atoms with Crippen LogP contribution in [0.4, 0.5) is 5.69 Å². The van der Waals surface area contributed by atoms with Gasteiger partial charge >= 0.3 is 0 Å². The van der Waals surface area contributed by atoms with Crippen molar-refractivity contribution in [2.75, 3.05) is 31.7 Å². The summed E-state index contributed by atoms with van der Waals surface area (Å²) in [5.74, 6) is -0.343. The lowest BCUT2D eigenvalue weighted by atomic mass is 10.1. The highest BCUT2D eigenvalue weighted by atomic mass is 16.5. The molecule has 1 aromatic rings. The Labute approximate surface area is 119 Å². The molecule has 5 heteroatoms. The maximum Gasteiger partial charge on any atom is 0.240 e. The first kappa shape index (κ1) is 16.2. The summed E-state index contributed by atoms with van der Waals surface area (Å²) in [6, 6.07) is 5.80. The second kappa shape index (κ2) is 7.65. The lowest BCUT2D eigenvalue weighted by Crippen LogP contribution is -2.41. The van der Waals surface area contributed by atoms with Gasteiger partial charge in [-0.3, -0.25) is 9.59 Å². The molecule has 0 unspecified atom stereocenters. The van der Waals surface area contributed by atoms with Crippen molar-refractivity contribution in [2.45, 2.75) is 20.8 Å². The number of anilines is 1. The average Bonchev–Trinajstić information content (AvgIpc) is 2.37. The van der Waals surface area contributed by atoms with Crippen molar-refractivity contribution in [2.24, 2.45) is 0 Å². The Balaban J connectivity index is 2.85. The zero-order valence-corrected chi connectivity index (χ0v) is 12.5. The third-order valence-electron chi connectivity index (χ3n) is 3.02. The molecule has 0 bridgehead atoms. The van der Waals surface area contributed by atoms with E-state index in [0.717, 1.165) is 16.8 Å². The van der Waals surface area contributed by atoms with Crippen LogP contribution in [0.2, 0.25) is 0 Å². The van der Waals surface area contributed by atoms with Crippen molar-refractivity contribution < 1.29 is 14.3 Å². The summed E-state index contributed by atoms with van der Waals surface area (Å²) in [6.07, 6.45) is 0. The minimum atomic E-state index is -0.195. The summed E-state index contributed by atoms with van der Waals surface area (Å²) in [7, 11) is 1.57. The van der Waals surface area contributed by atoms with E-state index < -0.39 is 0 Å². The van der Waals surface area contributed by atoms with E-state index in [-0.39, 0.29) is 18.4 Å². The van der Waals surface area contributed by atoms with Gasteiger partial charge in [0, 0.05) is 20.6 Å². The van der Waals surface area contributed by atoms with Crippen LogP contribution in [0.3, 0.4) is 0 Å². The Bertz CT molecular complexity index is 466. The van der Waals surface area contributed by atoms with Crippen LogP contribution in [-0.2, 0) is 14.3 Å². The first-order valence-corrected chi connectivity index (χ1v) is 6.57. The van der Waals surface area contributed by atoms with E-state index in [4.69, 9.17) is 4.74 Å². The molecule has 0 atom stereocenters. The summed E-state index contributed by atoms with van der Waals surface area (Å²) >= 11 is 0. The first-order valence-electron chi connectivity index (χ1n) is 6.57. The molecule has 0 radical (unpaired) electrons. The van der Waals surface area contributed by atoms with Gasteiger partial charge in [0.2, 0.25) is 11.8 Å². The number of hydrogen-bond acceptors (Lipinski definition) is 3. The van der Waals surface area contributed by atoms with Gasteiger partial charge in [-0.25, -0.2) is 0 Å². The Morgan fingerprint density at radius 2 is 1.85 bits per heavy atom. The van der Waals surface area contributed by atoms with E-state index in [1.807, 2.05) is 32.0 Å². The van der Waals surface area contributed by atoms with Gasteiger partial charge in [0.25, 0.3) is 0 Å². The summed E-state index contributed by atoms with van der Waals surface area (Å²) in [6.45, 7) is 6.24. The number of amides is 2. The molecule has 1 N–H and O–H groups in total. The van der Waals surface area contributed by atoms with Crippen molar-refractivity contribution in [3.8, 4) is 0 Å². The van der Waals surface area contributed by atoms with Crippen LogP contribution >= 0.6 is 0 Å². The van der Waals surface area contributed by atoms with Crippen LogP contribution in [0.1, 0.15) is 18.1 Å². The quantitative estimate of drug-likeness (QED) is 0.801. The molecule has 5 nitrogen and oxygen atoms in total. The number of aryl methyl sites for hydroxylation is 2. The van der Waals surface area contributed by atoms with Crippen molar-refractivity contribution in [1.29, 1.82) is 0 Å². The Kier molecular flexibility index (Phi) is 6.18. The van der Waals surface area contributed by atoms with Crippen LogP contribution in [0.25, 0.3) is 0 Å². The summed E-state index contributed by atoms with van der Waals surface area (Å²) < 4.78 is 4.87. The number of carbonyl (C=O) groups is 2. The molecule has 0 aromatic heterocycles. The zero-order valence-electron chi connectivity index (χ0n) is 12.5. The van der Waals surface area contributed by atoms with Crippen molar-refractivity contribution >= 4 is 17.5 Å². The molecule has 110 valence electrons. The molecule has 1 aromatic carbocycles. The normalized spacial score (nSPS) is 10.2. The second-order valence-corrected chi connectivity index (χ2v) is 4.69. The van der Waals surface area contributed by atoms with Gasteiger partial charge in [0.15, 0.2) is 0 Å². The molecule has 1 rings (SSSR count). The Morgan fingerprint density at radius 3 is 2.35 bits per heavy atom. The first-order chi connectivity index (χ1) is 9.47. The number of hydrogen-bond donors (Lipinski definition) is 1. The molecule has 2 amide bonds. The monoisotopic (exact) mass is 278 g/mol. The molecule has 0 spiro atoms. The molecule has 0 aliphatic carbocycles. The van der Waals surface area contributed by atoms with Crippen LogP contribution in [0, 0.1) is 13.8 Å². The maximum atomic E-state index is 11.9. The van der Waals surface area contributed by atoms with E-state index in [1.165, 1.54) is 11.8 Å². The highest BCUT2D eigenvalue weighted by Crippen LogP contribution is 2.24. The average molecular weight is 278 g/mol. The van der Waals surface area contributed by atoms with Gasteiger partial charge in [0.05, 0.1) is 12.3 Å². The molecular weight excluding hydrogens is 256 g/mol. The number of benzene rings is 1. The molecule has 0 heterocycles.